The molecule has 0 atom stereocenters. The molecule has 0 aliphatic rings. The lowest BCUT2D eigenvalue weighted by Gasteiger charge is -2.03. The highest BCUT2D eigenvalue weighted by molar-refractivity contribution is 5.29. The maximum absolute atomic E-state index is 4.33. The third kappa shape index (κ3) is 4.47. The summed E-state index contributed by atoms with van der Waals surface area (Å²) in [5, 5.41) is 0. The normalized spacial score (nSPS) is 9.84. The third-order valence-electron chi connectivity index (χ3n) is 3.41. The Morgan fingerprint density at radius 2 is 1.26 bits per heavy atom. The summed E-state index contributed by atoms with van der Waals surface area (Å²) in [6, 6.07) is 4.21. The largest absolute Gasteiger partial charge is 0.261 e. The van der Waals surface area contributed by atoms with Crippen LogP contribution in [0.25, 0.3) is 0 Å². The third-order valence-corrected chi connectivity index (χ3v) is 3.41. The van der Waals surface area contributed by atoms with Crippen LogP contribution in [0.2, 0.25) is 0 Å². The van der Waals surface area contributed by atoms with Crippen LogP contribution in [0.4, 0.5) is 0 Å². The van der Waals surface area contributed by atoms with E-state index in [0.717, 1.165) is 17.1 Å². The van der Waals surface area contributed by atoms with Crippen molar-refractivity contribution in [1.29, 1.82) is 0 Å². The van der Waals surface area contributed by atoms with Gasteiger partial charge >= 0.3 is 0 Å². The van der Waals surface area contributed by atoms with Crippen molar-refractivity contribution in [2.24, 2.45) is 0 Å². The minimum Gasteiger partial charge on any atom is -0.261 e. The predicted molar refractivity (Wildman–Crippen MR) is 81.6 cm³/mol. The number of aromatic nitrogens is 2. The average molecular weight is 256 g/mol. The molecule has 0 amide bonds. The molecular weight excluding hydrogens is 232 g/mol. The molecule has 2 aromatic rings. The summed E-state index contributed by atoms with van der Waals surface area (Å²) in [5.74, 6) is 0. The highest BCUT2D eigenvalue weighted by Crippen LogP contribution is 2.10. The number of rotatable bonds is 0. The average Bonchev–Trinajstić information content (AvgIpc) is 2.32. The van der Waals surface area contributed by atoms with Crippen molar-refractivity contribution in [2.45, 2.75) is 48.5 Å². The Balaban J connectivity index is 0.000000191. The summed E-state index contributed by atoms with van der Waals surface area (Å²) >= 11 is 0. The molecule has 0 spiro atoms. The molecule has 19 heavy (non-hydrogen) atoms. The second-order valence-electron chi connectivity index (χ2n) is 5.20. The Morgan fingerprint density at radius 3 is 1.74 bits per heavy atom. The Hall–Kier alpha value is -1.70. The highest BCUT2D eigenvalue weighted by atomic mass is 14.7. The molecule has 0 radical (unpaired) electrons. The predicted octanol–water partition coefficient (Wildman–Crippen LogP) is 4.32. The first-order valence-corrected chi connectivity index (χ1v) is 6.62. The molecule has 2 heterocycles. The van der Waals surface area contributed by atoms with Crippen molar-refractivity contribution >= 4 is 0 Å². The molecule has 0 fully saturated rings. The maximum atomic E-state index is 4.33. The van der Waals surface area contributed by atoms with E-state index in [-0.39, 0.29) is 0 Å². The Bertz CT molecular complexity index is 548. The maximum Gasteiger partial charge on any atom is 0.0407 e. The molecule has 2 aromatic heterocycles. The molecular formula is C17H24N2. The van der Waals surface area contributed by atoms with E-state index in [1.54, 1.807) is 0 Å². The second-order valence-corrected chi connectivity index (χ2v) is 5.20. The van der Waals surface area contributed by atoms with Gasteiger partial charge in [0.05, 0.1) is 0 Å². The zero-order valence-corrected chi connectivity index (χ0v) is 13.1. The van der Waals surface area contributed by atoms with Crippen molar-refractivity contribution in [1.82, 2.24) is 9.97 Å². The summed E-state index contributed by atoms with van der Waals surface area (Å²) in [7, 11) is 0. The van der Waals surface area contributed by atoms with Gasteiger partial charge in [-0.1, -0.05) is 0 Å². The molecule has 2 nitrogen and oxygen atoms in total. The molecule has 2 rings (SSSR count). The number of hydrogen-bond acceptors (Lipinski definition) is 2. The van der Waals surface area contributed by atoms with Gasteiger partial charge in [-0.2, -0.15) is 0 Å². The number of nitrogens with zero attached hydrogens (tertiary/aromatic N) is 2. The Kier molecular flexibility index (Phi) is 5.22. The van der Waals surface area contributed by atoms with Crippen LogP contribution in [0, 0.1) is 48.5 Å². The van der Waals surface area contributed by atoms with Crippen LogP contribution >= 0.6 is 0 Å². The van der Waals surface area contributed by atoms with E-state index in [4.69, 9.17) is 0 Å². The van der Waals surface area contributed by atoms with Crippen molar-refractivity contribution in [3.05, 3.63) is 57.7 Å². The lowest BCUT2D eigenvalue weighted by molar-refractivity contribution is 1.07. The van der Waals surface area contributed by atoms with E-state index in [0.29, 0.717) is 0 Å². The molecule has 0 unspecified atom stereocenters. The minimum atomic E-state index is 1.10. The van der Waals surface area contributed by atoms with Gasteiger partial charge in [-0.05, 0) is 82.9 Å². The molecule has 0 saturated carbocycles. The van der Waals surface area contributed by atoms with E-state index in [1.807, 2.05) is 20.0 Å². The summed E-state index contributed by atoms with van der Waals surface area (Å²) in [6.45, 7) is 14.5. The van der Waals surface area contributed by atoms with E-state index in [2.05, 4.69) is 56.7 Å². The zero-order chi connectivity index (χ0) is 14.6. The summed E-state index contributed by atoms with van der Waals surface area (Å²) in [6.07, 6.45) is 1.91. The number of aryl methyl sites for hydroxylation is 6. The quantitative estimate of drug-likeness (QED) is 0.701. The van der Waals surface area contributed by atoms with Crippen molar-refractivity contribution in [3.63, 3.8) is 0 Å². The smallest absolute Gasteiger partial charge is 0.0407 e. The second kappa shape index (κ2) is 6.46. The van der Waals surface area contributed by atoms with Gasteiger partial charge in [-0.3, -0.25) is 9.97 Å². The SMILES string of the molecule is Cc1cc(C)c(C)c(C)n1.Cc1cc(C)c(C)cn1. The Morgan fingerprint density at radius 1 is 0.684 bits per heavy atom. The minimum absolute atomic E-state index is 1.10. The fraction of sp³-hybridized carbons (Fsp3) is 0.412. The van der Waals surface area contributed by atoms with Gasteiger partial charge in [0.15, 0.2) is 0 Å². The Labute approximate surface area is 116 Å². The van der Waals surface area contributed by atoms with Crippen LogP contribution in [-0.4, -0.2) is 9.97 Å². The van der Waals surface area contributed by atoms with Crippen LogP contribution in [0.5, 0.6) is 0 Å². The molecule has 0 N–H and O–H groups in total. The number of pyridine rings is 2. The van der Waals surface area contributed by atoms with E-state index >= 15 is 0 Å². The molecule has 2 heteroatoms. The fourth-order valence-corrected chi connectivity index (χ4v) is 1.85. The van der Waals surface area contributed by atoms with E-state index in [9.17, 15) is 0 Å². The summed E-state index contributed by atoms with van der Waals surface area (Å²) in [4.78, 5) is 8.47. The van der Waals surface area contributed by atoms with Crippen molar-refractivity contribution in [3.8, 4) is 0 Å². The van der Waals surface area contributed by atoms with Gasteiger partial charge in [0.1, 0.15) is 0 Å². The molecule has 0 aliphatic carbocycles. The van der Waals surface area contributed by atoms with Gasteiger partial charge in [0.25, 0.3) is 0 Å². The molecule has 0 aliphatic heterocycles. The van der Waals surface area contributed by atoms with Gasteiger partial charge < -0.3 is 0 Å². The summed E-state index contributed by atoms with van der Waals surface area (Å²) in [5.41, 5.74) is 8.59. The highest BCUT2D eigenvalue weighted by Gasteiger charge is 1.97. The van der Waals surface area contributed by atoms with Crippen molar-refractivity contribution in [2.75, 3.05) is 0 Å². The summed E-state index contributed by atoms with van der Waals surface area (Å²) < 4.78 is 0. The van der Waals surface area contributed by atoms with Crippen molar-refractivity contribution < 1.29 is 0 Å². The lowest BCUT2D eigenvalue weighted by atomic mass is 10.1. The fourth-order valence-electron chi connectivity index (χ4n) is 1.85. The van der Waals surface area contributed by atoms with Crippen LogP contribution in [-0.2, 0) is 0 Å². The van der Waals surface area contributed by atoms with Gasteiger partial charge in [-0.25, -0.2) is 0 Å². The van der Waals surface area contributed by atoms with Gasteiger partial charge in [-0.15, -0.1) is 0 Å². The van der Waals surface area contributed by atoms with E-state index < -0.39 is 0 Å². The first-order chi connectivity index (χ1) is 8.81. The van der Waals surface area contributed by atoms with Gasteiger partial charge in [0, 0.05) is 23.3 Å². The van der Waals surface area contributed by atoms with E-state index in [1.165, 1.54) is 22.3 Å². The molecule has 0 aromatic carbocycles. The van der Waals surface area contributed by atoms with Crippen LogP contribution < -0.4 is 0 Å². The van der Waals surface area contributed by atoms with Gasteiger partial charge in [0.2, 0.25) is 0 Å². The first-order valence-electron chi connectivity index (χ1n) is 6.62. The topological polar surface area (TPSA) is 25.8 Å². The molecule has 102 valence electrons. The monoisotopic (exact) mass is 256 g/mol. The first kappa shape index (κ1) is 15.4. The van der Waals surface area contributed by atoms with Crippen LogP contribution in [0.1, 0.15) is 39.3 Å². The van der Waals surface area contributed by atoms with Crippen LogP contribution in [0.15, 0.2) is 18.3 Å². The molecule has 0 saturated heterocycles. The number of hydrogen-bond donors (Lipinski definition) is 0. The standard InChI is InChI=1S/C9H13N.C8H11N/c1-6-5-7(2)10-9(4)8(6)3;1-6-4-8(3)9-5-7(6)2/h5H,1-4H3;4-5H,1-3H3. The zero-order valence-electron chi connectivity index (χ0n) is 13.1. The van der Waals surface area contributed by atoms with Crippen LogP contribution in [0.3, 0.4) is 0 Å². The molecule has 0 bridgehead atoms. The lowest BCUT2D eigenvalue weighted by Crippen LogP contribution is -1.92.